The maximum Gasteiger partial charge on any atom is 0.316 e. The molecule has 0 aromatic carbocycles. The lowest BCUT2D eigenvalue weighted by atomic mass is 9.93. The molecule has 1 aromatic rings. The van der Waals surface area contributed by atoms with Crippen molar-refractivity contribution in [2.24, 2.45) is 5.41 Å². The Morgan fingerprint density at radius 3 is 2.40 bits per heavy atom. The molecular formula is C12H16N2O. The van der Waals surface area contributed by atoms with Crippen LogP contribution in [0.25, 0.3) is 0 Å². The monoisotopic (exact) mass is 204 g/mol. The highest BCUT2D eigenvalue weighted by Crippen LogP contribution is 2.18. The lowest BCUT2D eigenvalue weighted by Crippen LogP contribution is -2.12. The maximum absolute atomic E-state index is 5.39. The zero-order valence-corrected chi connectivity index (χ0v) is 9.45. The second-order valence-corrected chi connectivity index (χ2v) is 4.56. The molecule has 0 amide bonds. The molecule has 0 saturated heterocycles. The van der Waals surface area contributed by atoms with E-state index in [1.54, 1.807) is 12.4 Å². The Hall–Kier alpha value is -1.56. The van der Waals surface area contributed by atoms with Crippen molar-refractivity contribution < 1.29 is 4.74 Å². The van der Waals surface area contributed by atoms with Gasteiger partial charge in [0.05, 0.1) is 12.2 Å². The van der Waals surface area contributed by atoms with Crippen molar-refractivity contribution in [1.29, 1.82) is 0 Å². The maximum atomic E-state index is 5.39. The minimum absolute atomic E-state index is 0.263. The predicted octanol–water partition coefficient (Wildman–Crippen LogP) is 2.27. The molecule has 0 bridgehead atoms. The zero-order chi connectivity index (χ0) is 11.3. The minimum atomic E-state index is 0.263. The number of hydrogen-bond acceptors (Lipinski definition) is 3. The molecule has 0 aliphatic carbocycles. The van der Waals surface area contributed by atoms with Crippen LogP contribution in [0.5, 0.6) is 6.01 Å². The van der Waals surface area contributed by atoms with E-state index in [0.29, 0.717) is 18.2 Å². The smallest absolute Gasteiger partial charge is 0.316 e. The number of hydrogen-bond donors (Lipinski definition) is 0. The van der Waals surface area contributed by atoms with Crippen molar-refractivity contribution in [3.8, 4) is 18.4 Å². The van der Waals surface area contributed by atoms with E-state index in [0.717, 1.165) is 6.42 Å². The Kier molecular flexibility index (Phi) is 3.68. The van der Waals surface area contributed by atoms with E-state index in [4.69, 9.17) is 11.2 Å². The first-order valence-electron chi connectivity index (χ1n) is 4.93. The van der Waals surface area contributed by atoms with Crippen molar-refractivity contribution in [1.82, 2.24) is 9.97 Å². The number of rotatable bonds is 3. The van der Waals surface area contributed by atoms with Gasteiger partial charge in [0, 0.05) is 12.4 Å². The van der Waals surface area contributed by atoms with Gasteiger partial charge in [0.15, 0.2) is 0 Å². The summed E-state index contributed by atoms with van der Waals surface area (Å²) in [6.07, 6.45) is 9.32. The van der Waals surface area contributed by atoms with Gasteiger partial charge in [-0.05, 0) is 11.8 Å². The molecule has 0 atom stereocenters. The molecule has 1 heterocycles. The zero-order valence-electron chi connectivity index (χ0n) is 9.45. The average molecular weight is 204 g/mol. The van der Waals surface area contributed by atoms with Gasteiger partial charge in [-0.3, -0.25) is 0 Å². The molecule has 0 aliphatic heterocycles. The highest BCUT2D eigenvalue weighted by atomic mass is 16.5. The highest BCUT2D eigenvalue weighted by Gasteiger charge is 2.10. The third kappa shape index (κ3) is 4.46. The van der Waals surface area contributed by atoms with Crippen LogP contribution in [0.3, 0.4) is 0 Å². The van der Waals surface area contributed by atoms with Crippen LogP contribution in [0, 0.1) is 17.8 Å². The summed E-state index contributed by atoms with van der Waals surface area (Å²) in [6, 6.07) is 0.387. The first-order chi connectivity index (χ1) is 7.01. The van der Waals surface area contributed by atoms with Crippen LogP contribution in [-0.2, 0) is 0 Å². The van der Waals surface area contributed by atoms with E-state index in [1.807, 2.05) is 0 Å². The summed E-state index contributed by atoms with van der Waals surface area (Å²) in [5.41, 5.74) is 0.928. The Labute approximate surface area is 90.9 Å². The van der Waals surface area contributed by atoms with Gasteiger partial charge in [-0.1, -0.05) is 26.7 Å². The third-order valence-electron chi connectivity index (χ3n) is 1.88. The van der Waals surface area contributed by atoms with E-state index in [-0.39, 0.29) is 5.41 Å². The molecule has 0 spiro atoms. The summed E-state index contributed by atoms with van der Waals surface area (Å²) < 4.78 is 5.39. The molecule has 80 valence electrons. The summed E-state index contributed by atoms with van der Waals surface area (Å²) in [6.45, 7) is 7.12. The van der Waals surface area contributed by atoms with Crippen LogP contribution in [0.15, 0.2) is 12.4 Å². The summed E-state index contributed by atoms with van der Waals surface area (Å²) >= 11 is 0. The fourth-order valence-electron chi connectivity index (χ4n) is 0.914. The Morgan fingerprint density at radius 2 is 1.93 bits per heavy atom. The van der Waals surface area contributed by atoms with Crippen LogP contribution in [0.2, 0.25) is 0 Å². The van der Waals surface area contributed by atoms with Crippen molar-refractivity contribution >= 4 is 0 Å². The van der Waals surface area contributed by atoms with Gasteiger partial charge in [0.1, 0.15) is 0 Å². The molecule has 3 nitrogen and oxygen atoms in total. The number of ether oxygens (including phenoxy) is 1. The molecule has 0 aliphatic rings. The minimum Gasteiger partial charge on any atom is -0.463 e. The summed E-state index contributed by atoms with van der Waals surface area (Å²) in [7, 11) is 0. The molecular weight excluding hydrogens is 188 g/mol. The van der Waals surface area contributed by atoms with Crippen LogP contribution >= 0.6 is 0 Å². The number of nitrogens with zero attached hydrogens (tertiary/aromatic N) is 2. The van der Waals surface area contributed by atoms with Crippen LogP contribution in [-0.4, -0.2) is 16.6 Å². The Balaban J connectivity index is 2.42. The number of aromatic nitrogens is 2. The fourth-order valence-corrected chi connectivity index (χ4v) is 0.914. The van der Waals surface area contributed by atoms with Gasteiger partial charge in [-0.2, -0.15) is 0 Å². The SMILES string of the molecule is C#Cc1cnc(OCCC(C)(C)C)nc1. The quantitative estimate of drug-likeness (QED) is 0.708. The molecule has 0 N–H and O–H groups in total. The topological polar surface area (TPSA) is 35.0 Å². The first-order valence-corrected chi connectivity index (χ1v) is 4.93. The molecule has 1 rings (SSSR count). The Bertz CT molecular complexity index is 343. The molecule has 0 radical (unpaired) electrons. The molecule has 15 heavy (non-hydrogen) atoms. The van der Waals surface area contributed by atoms with E-state index in [9.17, 15) is 0 Å². The molecule has 0 fully saturated rings. The highest BCUT2D eigenvalue weighted by molar-refractivity contribution is 5.26. The molecule has 1 aromatic heterocycles. The second kappa shape index (κ2) is 4.79. The van der Waals surface area contributed by atoms with E-state index in [2.05, 4.69) is 36.7 Å². The van der Waals surface area contributed by atoms with Gasteiger partial charge in [0.25, 0.3) is 0 Å². The summed E-state index contributed by atoms with van der Waals surface area (Å²) in [5, 5.41) is 0. The molecule has 0 saturated carbocycles. The van der Waals surface area contributed by atoms with E-state index < -0.39 is 0 Å². The molecule has 0 unspecified atom stereocenters. The van der Waals surface area contributed by atoms with E-state index in [1.165, 1.54) is 0 Å². The normalized spacial score (nSPS) is 10.8. The fraction of sp³-hybridized carbons (Fsp3) is 0.500. The predicted molar refractivity (Wildman–Crippen MR) is 59.5 cm³/mol. The van der Waals surface area contributed by atoms with Crippen molar-refractivity contribution in [2.75, 3.05) is 6.61 Å². The number of terminal acetylenes is 1. The Morgan fingerprint density at radius 1 is 1.33 bits per heavy atom. The van der Waals surface area contributed by atoms with Gasteiger partial charge < -0.3 is 4.74 Å². The van der Waals surface area contributed by atoms with Gasteiger partial charge >= 0.3 is 6.01 Å². The van der Waals surface area contributed by atoms with Crippen molar-refractivity contribution in [3.63, 3.8) is 0 Å². The van der Waals surface area contributed by atoms with Crippen LogP contribution in [0.1, 0.15) is 32.8 Å². The van der Waals surface area contributed by atoms with Crippen molar-refractivity contribution in [3.05, 3.63) is 18.0 Å². The van der Waals surface area contributed by atoms with Gasteiger partial charge in [0.2, 0.25) is 0 Å². The molecule has 3 heteroatoms. The summed E-state index contributed by atoms with van der Waals surface area (Å²) in [5.74, 6) is 2.45. The van der Waals surface area contributed by atoms with Gasteiger partial charge in [-0.15, -0.1) is 6.42 Å². The lowest BCUT2D eigenvalue weighted by molar-refractivity contribution is 0.229. The third-order valence-corrected chi connectivity index (χ3v) is 1.88. The largest absolute Gasteiger partial charge is 0.463 e. The standard InChI is InChI=1S/C12H16N2O/c1-5-10-8-13-11(14-9-10)15-7-6-12(2,3)4/h1,8-9H,6-7H2,2-4H3. The first kappa shape index (κ1) is 11.5. The van der Waals surface area contributed by atoms with E-state index >= 15 is 0 Å². The van der Waals surface area contributed by atoms with Crippen LogP contribution in [0.4, 0.5) is 0 Å². The second-order valence-electron chi connectivity index (χ2n) is 4.56. The van der Waals surface area contributed by atoms with Crippen molar-refractivity contribution in [2.45, 2.75) is 27.2 Å². The van der Waals surface area contributed by atoms with Gasteiger partial charge in [-0.25, -0.2) is 9.97 Å². The average Bonchev–Trinajstić information content (AvgIpc) is 2.17. The van der Waals surface area contributed by atoms with Crippen LogP contribution < -0.4 is 4.74 Å². The lowest BCUT2D eigenvalue weighted by Gasteiger charge is -2.17. The summed E-state index contributed by atoms with van der Waals surface area (Å²) in [4.78, 5) is 7.99.